The lowest BCUT2D eigenvalue weighted by molar-refractivity contribution is 0.0654. The van der Waals surface area contributed by atoms with E-state index in [-0.39, 0.29) is 9.59 Å². The minimum absolute atomic E-state index is 0.0246. The summed E-state index contributed by atoms with van der Waals surface area (Å²) in [7, 11) is 0. The van der Waals surface area contributed by atoms with Gasteiger partial charge in [-0.05, 0) is 18.2 Å². The van der Waals surface area contributed by atoms with Crippen LogP contribution in [0.5, 0.6) is 0 Å². The third-order valence-corrected chi connectivity index (χ3v) is 2.88. The molecular weight excluding hydrogens is 309 g/mol. The summed E-state index contributed by atoms with van der Waals surface area (Å²) in [5.74, 6) is -0.989. The quantitative estimate of drug-likeness (QED) is 0.855. The van der Waals surface area contributed by atoms with E-state index in [1.807, 2.05) is 0 Å². The van der Waals surface area contributed by atoms with Gasteiger partial charge in [-0.25, -0.2) is 18.3 Å². The van der Waals surface area contributed by atoms with Gasteiger partial charge in [-0.1, -0.05) is 11.6 Å². The first-order chi connectivity index (χ1) is 9.92. The zero-order chi connectivity index (χ0) is 15.7. The first-order valence-electron chi connectivity index (χ1n) is 5.33. The van der Waals surface area contributed by atoms with Crippen LogP contribution in [-0.2, 0) is 0 Å². The van der Waals surface area contributed by atoms with Crippen molar-refractivity contribution in [3.63, 3.8) is 0 Å². The van der Waals surface area contributed by atoms with Crippen molar-refractivity contribution < 1.29 is 13.2 Å². The molecule has 0 N–H and O–H groups in total. The van der Waals surface area contributed by atoms with Gasteiger partial charge in [-0.3, -0.25) is 0 Å². The number of halogens is 4. The van der Waals surface area contributed by atoms with Crippen molar-refractivity contribution in [2.75, 3.05) is 0 Å². The average molecular weight is 313 g/mol. The minimum Gasteiger partial charge on any atom is -0.247 e. The molecule has 0 aliphatic heterocycles. The van der Waals surface area contributed by atoms with Gasteiger partial charge in [0.05, 0.1) is 5.69 Å². The number of benzene rings is 1. The Morgan fingerprint density at radius 2 is 1.81 bits per heavy atom. The Hall–Kier alpha value is -2.71. The van der Waals surface area contributed by atoms with Gasteiger partial charge in [-0.2, -0.15) is 19.3 Å². The highest BCUT2D eigenvalue weighted by Gasteiger charge is 2.26. The van der Waals surface area contributed by atoms with Gasteiger partial charge in [-0.15, -0.1) is 0 Å². The summed E-state index contributed by atoms with van der Waals surface area (Å²) in [6.45, 7) is -3.34. The normalized spacial score (nSPS) is 10.4. The smallest absolute Gasteiger partial charge is 0.247 e. The van der Waals surface area contributed by atoms with Crippen LogP contribution in [0.15, 0.2) is 23.0 Å². The monoisotopic (exact) mass is 312 g/mol. The summed E-state index contributed by atoms with van der Waals surface area (Å²) in [5.41, 5.74) is -3.35. The molecule has 0 aliphatic rings. The molecule has 0 amide bonds. The van der Waals surface area contributed by atoms with Gasteiger partial charge in [0.25, 0.3) is 0 Å². The molecular formula is C12H4ClF3N4O. The molecule has 0 saturated carbocycles. The van der Waals surface area contributed by atoms with Crippen LogP contribution >= 0.6 is 11.6 Å². The van der Waals surface area contributed by atoms with Crippen molar-refractivity contribution in [2.45, 2.75) is 6.55 Å². The predicted octanol–water partition coefficient (Wildman–Crippen LogP) is 2.57. The van der Waals surface area contributed by atoms with Gasteiger partial charge >= 0.3 is 12.2 Å². The Balaban J connectivity index is 2.91. The molecule has 0 spiro atoms. The molecule has 106 valence electrons. The summed E-state index contributed by atoms with van der Waals surface area (Å²) in [6.07, 6.45) is 0. The average Bonchev–Trinajstić information content (AvgIpc) is 2.71. The van der Waals surface area contributed by atoms with E-state index in [4.69, 9.17) is 22.1 Å². The van der Waals surface area contributed by atoms with Crippen LogP contribution in [0.1, 0.15) is 17.9 Å². The summed E-state index contributed by atoms with van der Waals surface area (Å²) < 4.78 is 39.8. The van der Waals surface area contributed by atoms with Crippen molar-refractivity contribution in [3.8, 4) is 17.8 Å². The van der Waals surface area contributed by atoms with E-state index in [0.29, 0.717) is 4.57 Å². The molecule has 0 aliphatic carbocycles. The molecule has 1 heterocycles. The van der Waals surface area contributed by atoms with Crippen LogP contribution in [0.25, 0.3) is 5.69 Å². The van der Waals surface area contributed by atoms with Crippen LogP contribution in [0.4, 0.5) is 13.2 Å². The third kappa shape index (κ3) is 2.26. The molecule has 0 bridgehead atoms. The fourth-order valence-corrected chi connectivity index (χ4v) is 1.95. The molecule has 0 radical (unpaired) electrons. The van der Waals surface area contributed by atoms with Gasteiger partial charge in [0.1, 0.15) is 18.0 Å². The van der Waals surface area contributed by atoms with Gasteiger partial charge in [0, 0.05) is 5.02 Å². The maximum Gasteiger partial charge on any atom is 0.339 e. The van der Waals surface area contributed by atoms with Gasteiger partial charge < -0.3 is 0 Å². The topological polar surface area (TPSA) is 74.5 Å². The second-order valence-electron chi connectivity index (χ2n) is 3.78. The van der Waals surface area contributed by atoms with Gasteiger partial charge in [0.15, 0.2) is 11.4 Å². The summed E-state index contributed by atoms with van der Waals surface area (Å²) in [6, 6.07) is 5.94. The van der Waals surface area contributed by atoms with Crippen LogP contribution in [0, 0.1) is 28.5 Å². The first-order valence-corrected chi connectivity index (χ1v) is 5.71. The van der Waals surface area contributed by atoms with Crippen molar-refractivity contribution in [3.05, 3.63) is 50.9 Å². The van der Waals surface area contributed by atoms with E-state index < -0.39 is 35.1 Å². The Kier molecular flexibility index (Phi) is 3.74. The van der Waals surface area contributed by atoms with E-state index in [1.165, 1.54) is 18.2 Å². The molecule has 9 heteroatoms. The maximum absolute atomic E-state index is 13.8. The highest BCUT2D eigenvalue weighted by atomic mass is 35.5. The van der Waals surface area contributed by atoms with Gasteiger partial charge in [0.2, 0.25) is 0 Å². The van der Waals surface area contributed by atoms with E-state index in [2.05, 4.69) is 0 Å². The zero-order valence-corrected chi connectivity index (χ0v) is 10.8. The molecule has 0 saturated heterocycles. The number of aromatic nitrogens is 2. The Morgan fingerprint density at radius 1 is 1.19 bits per heavy atom. The number of imidazole rings is 1. The summed E-state index contributed by atoms with van der Waals surface area (Å²) in [4.78, 5) is 12.0. The predicted molar refractivity (Wildman–Crippen MR) is 65.7 cm³/mol. The molecule has 0 atom stereocenters. The Bertz CT molecular complexity index is 857. The molecule has 1 aromatic heterocycles. The second-order valence-corrected chi connectivity index (χ2v) is 4.22. The number of alkyl halides is 2. The molecule has 21 heavy (non-hydrogen) atoms. The van der Waals surface area contributed by atoms with Crippen molar-refractivity contribution in [1.29, 1.82) is 10.5 Å². The fraction of sp³-hybridized carbons (Fsp3) is 0.0833. The summed E-state index contributed by atoms with van der Waals surface area (Å²) >= 11 is 5.56. The standard InChI is InChI=1S/C12H4ClF3N4O/c13-6-1-2-8(7(14)3-6)19-9(4-17)10(5-18)20(11(15)16)12(19)21/h1-3,11H. The molecule has 5 nitrogen and oxygen atoms in total. The maximum atomic E-state index is 13.8. The third-order valence-electron chi connectivity index (χ3n) is 2.64. The lowest BCUT2D eigenvalue weighted by atomic mass is 10.2. The highest BCUT2D eigenvalue weighted by Crippen LogP contribution is 2.22. The number of rotatable bonds is 2. The van der Waals surface area contributed by atoms with Crippen molar-refractivity contribution in [2.24, 2.45) is 0 Å². The number of nitrogens with zero attached hydrogens (tertiary/aromatic N) is 4. The second kappa shape index (κ2) is 5.35. The van der Waals surface area contributed by atoms with Crippen LogP contribution in [-0.4, -0.2) is 9.13 Å². The van der Waals surface area contributed by atoms with Crippen LogP contribution in [0.3, 0.4) is 0 Å². The van der Waals surface area contributed by atoms with E-state index in [1.54, 1.807) is 0 Å². The van der Waals surface area contributed by atoms with Crippen LogP contribution < -0.4 is 5.69 Å². The number of nitriles is 2. The SMILES string of the molecule is N#Cc1c(C#N)n(C(F)F)c(=O)n1-c1ccc(Cl)cc1F. The van der Waals surface area contributed by atoms with E-state index in [9.17, 15) is 18.0 Å². The molecule has 2 rings (SSSR count). The largest absolute Gasteiger partial charge is 0.339 e. The Morgan fingerprint density at radius 3 is 2.29 bits per heavy atom. The zero-order valence-electron chi connectivity index (χ0n) is 10.0. The molecule has 1 aromatic carbocycles. The number of hydrogen-bond donors (Lipinski definition) is 0. The van der Waals surface area contributed by atoms with Crippen LogP contribution in [0.2, 0.25) is 5.02 Å². The highest BCUT2D eigenvalue weighted by molar-refractivity contribution is 6.30. The molecule has 0 fully saturated rings. The lowest BCUT2D eigenvalue weighted by Crippen LogP contribution is -2.25. The fourth-order valence-electron chi connectivity index (χ4n) is 1.80. The molecule has 2 aromatic rings. The first kappa shape index (κ1) is 14.7. The minimum atomic E-state index is -3.34. The molecule has 0 unspecified atom stereocenters. The Labute approximate surface area is 120 Å². The van der Waals surface area contributed by atoms with Crippen molar-refractivity contribution in [1.82, 2.24) is 9.13 Å². The summed E-state index contributed by atoms with van der Waals surface area (Å²) in [5, 5.41) is 17.9. The van der Waals surface area contributed by atoms with E-state index in [0.717, 1.165) is 12.1 Å². The van der Waals surface area contributed by atoms with E-state index >= 15 is 0 Å². The van der Waals surface area contributed by atoms with Crippen molar-refractivity contribution >= 4 is 11.6 Å². The number of hydrogen-bond acceptors (Lipinski definition) is 3. The lowest BCUT2D eigenvalue weighted by Gasteiger charge is -2.04.